The van der Waals surface area contributed by atoms with E-state index in [1.807, 2.05) is 0 Å². The molecule has 0 saturated carbocycles. The van der Waals surface area contributed by atoms with Gasteiger partial charge in [-0.05, 0) is 31.2 Å². The number of nitrogens with zero attached hydrogens (tertiary/aromatic N) is 3. The zero-order chi connectivity index (χ0) is 16.3. The predicted molar refractivity (Wildman–Crippen MR) is 71.2 cm³/mol. The largest absolute Gasteiger partial charge is 0.481 e. The molecule has 6 nitrogen and oxygen atoms in total. The third-order valence-corrected chi connectivity index (χ3v) is 2.81. The molecule has 9 heteroatoms. The maximum atomic E-state index is 12.4. The van der Waals surface area contributed by atoms with Crippen molar-refractivity contribution in [3.05, 3.63) is 36.2 Å². The topological polar surface area (TPSA) is 69.0 Å². The summed E-state index contributed by atoms with van der Waals surface area (Å²) in [7, 11) is 1.65. The van der Waals surface area contributed by atoms with Crippen molar-refractivity contribution in [2.24, 2.45) is 7.05 Å². The number of hydrogen-bond acceptors (Lipinski definition) is 4. The van der Waals surface area contributed by atoms with Crippen LogP contribution in [0.5, 0.6) is 5.75 Å². The Bertz CT molecular complexity index is 652. The van der Waals surface area contributed by atoms with Gasteiger partial charge in [-0.25, -0.2) is 0 Å². The molecular weight excluding hydrogens is 301 g/mol. The Kier molecular flexibility index (Phi) is 4.34. The second-order valence-electron chi connectivity index (χ2n) is 4.54. The number of rotatable bonds is 4. The maximum absolute atomic E-state index is 12.4. The van der Waals surface area contributed by atoms with E-state index in [1.54, 1.807) is 7.05 Å². The standard InChI is InChI=1S/C13H13F3N4O2/c1-8(11(21)18-12-19-17-7-20(12)2)22-10-5-3-9(4-6-10)13(14,15)16/h3-8H,1-2H3,(H,18,19,21)/t8-/m1/s1. The van der Waals surface area contributed by atoms with Gasteiger partial charge in [0.1, 0.15) is 12.1 Å². The van der Waals surface area contributed by atoms with E-state index in [0.29, 0.717) is 0 Å². The second kappa shape index (κ2) is 6.04. The van der Waals surface area contributed by atoms with Crippen LogP contribution in [0.2, 0.25) is 0 Å². The average molecular weight is 314 g/mol. The number of halogens is 3. The molecule has 2 aromatic rings. The summed E-state index contributed by atoms with van der Waals surface area (Å²) >= 11 is 0. The first-order valence-electron chi connectivity index (χ1n) is 6.26. The van der Waals surface area contributed by atoms with Crippen LogP contribution in [0.4, 0.5) is 19.1 Å². The van der Waals surface area contributed by atoms with Crippen molar-refractivity contribution in [1.82, 2.24) is 14.8 Å². The van der Waals surface area contributed by atoms with Gasteiger partial charge in [0, 0.05) is 7.05 Å². The van der Waals surface area contributed by atoms with Gasteiger partial charge < -0.3 is 9.30 Å². The monoisotopic (exact) mass is 314 g/mol. The Morgan fingerprint density at radius 3 is 2.45 bits per heavy atom. The fourth-order valence-corrected chi connectivity index (χ4v) is 1.59. The van der Waals surface area contributed by atoms with Crippen LogP contribution in [0, 0.1) is 0 Å². The molecule has 1 aromatic carbocycles. The third kappa shape index (κ3) is 3.74. The van der Waals surface area contributed by atoms with Gasteiger partial charge in [0.25, 0.3) is 5.91 Å². The molecule has 0 spiro atoms. The van der Waals surface area contributed by atoms with Gasteiger partial charge in [-0.3, -0.25) is 10.1 Å². The Morgan fingerprint density at radius 1 is 1.32 bits per heavy atom. The van der Waals surface area contributed by atoms with E-state index in [2.05, 4.69) is 15.5 Å². The van der Waals surface area contributed by atoms with Gasteiger partial charge in [-0.2, -0.15) is 13.2 Å². The molecule has 2 rings (SSSR count). The van der Waals surface area contributed by atoms with Gasteiger partial charge in [0.15, 0.2) is 6.10 Å². The summed E-state index contributed by atoms with van der Waals surface area (Å²) in [6.45, 7) is 1.48. The quantitative estimate of drug-likeness (QED) is 0.939. The van der Waals surface area contributed by atoms with E-state index in [9.17, 15) is 18.0 Å². The fourth-order valence-electron chi connectivity index (χ4n) is 1.59. The van der Waals surface area contributed by atoms with Crippen molar-refractivity contribution in [3.63, 3.8) is 0 Å². The summed E-state index contributed by atoms with van der Waals surface area (Å²) < 4.78 is 44.1. The number of aryl methyl sites for hydroxylation is 1. The molecule has 1 heterocycles. The Hall–Kier alpha value is -2.58. The summed E-state index contributed by atoms with van der Waals surface area (Å²) in [5.41, 5.74) is -0.781. The highest BCUT2D eigenvalue weighted by Crippen LogP contribution is 2.30. The number of ether oxygens (including phenoxy) is 1. The molecule has 1 atom stereocenters. The number of carbonyl (C=O) groups is 1. The zero-order valence-corrected chi connectivity index (χ0v) is 11.8. The molecule has 0 aliphatic rings. The minimum Gasteiger partial charge on any atom is -0.481 e. The predicted octanol–water partition coefficient (Wildman–Crippen LogP) is 2.24. The van der Waals surface area contributed by atoms with Crippen LogP contribution < -0.4 is 10.1 Å². The summed E-state index contributed by atoms with van der Waals surface area (Å²) in [5, 5.41) is 9.78. The molecule has 0 aliphatic heterocycles. The Labute approximate surface area is 123 Å². The van der Waals surface area contributed by atoms with Gasteiger partial charge in [-0.1, -0.05) is 0 Å². The number of aromatic nitrogens is 3. The number of nitrogens with one attached hydrogen (secondary N) is 1. The lowest BCUT2D eigenvalue weighted by Gasteiger charge is -2.15. The van der Waals surface area contributed by atoms with Gasteiger partial charge in [0.05, 0.1) is 5.56 Å². The van der Waals surface area contributed by atoms with Crippen LogP contribution in [-0.2, 0) is 18.0 Å². The smallest absolute Gasteiger partial charge is 0.416 e. The molecule has 1 aromatic heterocycles. The number of amides is 1. The summed E-state index contributed by atoms with van der Waals surface area (Å²) in [6, 6.07) is 4.11. The molecule has 0 unspecified atom stereocenters. The third-order valence-electron chi connectivity index (χ3n) is 2.81. The SMILES string of the molecule is C[C@@H](Oc1ccc(C(F)(F)F)cc1)C(=O)Nc1nncn1C. The first kappa shape index (κ1) is 15.8. The van der Waals surface area contributed by atoms with Gasteiger partial charge in [0.2, 0.25) is 5.95 Å². The highest BCUT2D eigenvalue weighted by atomic mass is 19.4. The normalized spacial score (nSPS) is 12.8. The lowest BCUT2D eigenvalue weighted by Crippen LogP contribution is -2.31. The summed E-state index contributed by atoms with van der Waals surface area (Å²) in [6.07, 6.45) is -3.91. The lowest BCUT2D eigenvalue weighted by atomic mass is 10.2. The number of benzene rings is 1. The number of hydrogen-bond donors (Lipinski definition) is 1. The van der Waals surface area contributed by atoms with E-state index < -0.39 is 23.8 Å². The van der Waals surface area contributed by atoms with E-state index >= 15 is 0 Å². The first-order valence-corrected chi connectivity index (χ1v) is 6.26. The molecule has 0 bridgehead atoms. The van der Waals surface area contributed by atoms with E-state index in [1.165, 1.54) is 17.8 Å². The Balaban J connectivity index is 1.98. The molecule has 22 heavy (non-hydrogen) atoms. The first-order chi connectivity index (χ1) is 10.3. The van der Waals surface area contributed by atoms with Crippen molar-refractivity contribution in [2.75, 3.05) is 5.32 Å². The van der Waals surface area contributed by atoms with Crippen molar-refractivity contribution >= 4 is 11.9 Å². The van der Waals surface area contributed by atoms with E-state index in [4.69, 9.17) is 4.74 Å². The molecule has 0 saturated heterocycles. The molecule has 0 aliphatic carbocycles. The minimum absolute atomic E-state index is 0.161. The maximum Gasteiger partial charge on any atom is 0.416 e. The van der Waals surface area contributed by atoms with Gasteiger partial charge >= 0.3 is 6.18 Å². The van der Waals surface area contributed by atoms with E-state index in [-0.39, 0.29) is 11.7 Å². The Morgan fingerprint density at radius 2 is 1.95 bits per heavy atom. The number of alkyl halides is 3. The number of carbonyl (C=O) groups excluding carboxylic acids is 1. The van der Waals surface area contributed by atoms with Gasteiger partial charge in [-0.15, -0.1) is 10.2 Å². The molecule has 0 radical (unpaired) electrons. The van der Waals surface area contributed by atoms with Crippen molar-refractivity contribution < 1.29 is 22.7 Å². The van der Waals surface area contributed by atoms with Crippen LogP contribution in [0.15, 0.2) is 30.6 Å². The average Bonchev–Trinajstić information content (AvgIpc) is 2.84. The zero-order valence-electron chi connectivity index (χ0n) is 11.8. The highest BCUT2D eigenvalue weighted by molar-refractivity contribution is 5.92. The summed E-state index contributed by atoms with van der Waals surface area (Å²) in [5.74, 6) is -0.0857. The van der Waals surface area contributed by atoms with Crippen LogP contribution >= 0.6 is 0 Å². The van der Waals surface area contributed by atoms with Crippen molar-refractivity contribution in [2.45, 2.75) is 19.2 Å². The van der Waals surface area contributed by atoms with Crippen LogP contribution in [-0.4, -0.2) is 26.8 Å². The molecular formula is C13H13F3N4O2. The second-order valence-corrected chi connectivity index (χ2v) is 4.54. The molecule has 118 valence electrons. The lowest BCUT2D eigenvalue weighted by molar-refractivity contribution is -0.137. The molecule has 0 fully saturated rings. The fraction of sp³-hybridized carbons (Fsp3) is 0.308. The minimum atomic E-state index is -4.41. The summed E-state index contributed by atoms with van der Waals surface area (Å²) in [4.78, 5) is 11.9. The number of anilines is 1. The van der Waals surface area contributed by atoms with Crippen molar-refractivity contribution in [3.8, 4) is 5.75 Å². The van der Waals surface area contributed by atoms with E-state index in [0.717, 1.165) is 24.3 Å². The molecule has 1 N–H and O–H groups in total. The van der Waals surface area contributed by atoms with Crippen LogP contribution in [0.3, 0.4) is 0 Å². The van der Waals surface area contributed by atoms with Crippen LogP contribution in [0.1, 0.15) is 12.5 Å². The van der Waals surface area contributed by atoms with Crippen LogP contribution in [0.25, 0.3) is 0 Å². The molecule has 1 amide bonds. The highest BCUT2D eigenvalue weighted by Gasteiger charge is 2.30. The van der Waals surface area contributed by atoms with Crippen molar-refractivity contribution in [1.29, 1.82) is 0 Å².